The van der Waals surface area contributed by atoms with Gasteiger partial charge in [0.25, 0.3) is 5.91 Å². The lowest BCUT2D eigenvalue weighted by Crippen LogP contribution is -2.30. The fraction of sp³-hybridized carbons (Fsp3) is 0.0588. The fourth-order valence-electron chi connectivity index (χ4n) is 2.00. The largest absolute Gasteiger partial charge is 0.398 e. The summed E-state index contributed by atoms with van der Waals surface area (Å²) in [6, 6.07) is 18.2. The van der Waals surface area contributed by atoms with Gasteiger partial charge in [0, 0.05) is 6.92 Å². The molecule has 4 heteroatoms. The first-order valence-corrected chi connectivity index (χ1v) is 6.52. The second kappa shape index (κ2) is 6.52. The van der Waals surface area contributed by atoms with Gasteiger partial charge in [-0.25, -0.2) is 0 Å². The van der Waals surface area contributed by atoms with E-state index in [0.717, 1.165) is 5.56 Å². The number of nitrogens with two attached hydrogens (primary N) is 1. The Morgan fingerprint density at radius 1 is 0.857 bits per heavy atom. The molecule has 0 spiro atoms. The normalized spacial score (nSPS) is 11.5. The highest BCUT2D eigenvalue weighted by Crippen LogP contribution is 2.22. The zero-order valence-electron chi connectivity index (χ0n) is 11.7. The van der Waals surface area contributed by atoms with E-state index in [4.69, 9.17) is 5.73 Å². The third kappa shape index (κ3) is 3.57. The predicted molar refractivity (Wildman–Crippen MR) is 82.7 cm³/mol. The van der Waals surface area contributed by atoms with Gasteiger partial charge >= 0.3 is 0 Å². The van der Waals surface area contributed by atoms with Gasteiger partial charge < -0.3 is 5.73 Å². The average molecular weight is 280 g/mol. The van der Waals surface area contributed by atoms with E-state index in [-0.39, 0.29) is 5.57 Å². The lowest BCUT2D eigenvalue weighted by molar-refractivity contribution is -0.126. The van der Waals surface area contributed by atoms with Crippen molar-refractivity contribution in [1.82, 2.24) is 5.32 Å². The van der Waals surface area contributed by atoms with Crippen LogP contribution in [0.5, 0.6) is 0 Å². The molecule has 106 valence electrons. The second-order valence-electron chi connectivity index (χ2n) is 4.53. The molecule has 4 nitrogen and oxygen atoms in total. The Hall–Kier alpha value is -2.88. The van der Waals surface area contributed by atoms with E-state index in [1.54, 1.807) is 12.1 Å². The summed E-state index contributed by atoms with van der Waals surface area (Å²) >= 11 is 0. The molecular weight excluding hydrogens is 264 g/mol. The molecule has 0 saturated carbocycles. The number of rotatable bonds is 3. The van der Waals surface area contributed by atoms with Crippen LogP contribution >= 0.6 is 0 Å². The van der Waals surface area contributed by atoms with E-state index in [1.165, 1.54) is 6.92 Å². The zero-order valence-corrected chi connectivity index (χ0v) is 11.7. The van der Waals surface area contributed by atoms with Gasteiger partial charge in [-0.15, -0.1) is 0 Å². The third-order valence-electron chi connectivity index (χ3n) is 2.93. The van der Waals surface area contributed by atoms with Crippen molar-refractivity contribution in [2.75, 3.05) is 0 Å². The number of carbonyl (C=O) groups is 2. The van der Waals surface area contributed by atoms with Gasteiger partial charge in [-0.05, 0) is 11.1 Å². The van der Waals surface area contributed by atoms with Crippen LogP contribution in [0, 0.1) is 0 Å². The van der Waals surface area contributed by atoms with Gasteiger partial charge in [0.05, 0.1) is 11.3 Å². The number of benzene rings is 2. The summed E-state index contributed by atoms with van der Waals surface area (Å²) in [4.78, 5) is 23.5. The molecule has 0 aliphatic rings. The smallest absolute Gasteiger partial charge is 0.260 e. The molecule has 0 bridgehead atoms. The Bertz CT molecular complexity index is 676. The standard InChI is InChI=1S/C17H16N2O2/c1-12(20)19-17(21)15(13-8-4-2-5-9-13)16(18)14-10-6-3-7-11-14/h2-11H,18H2,1H3,(H,19,20,21). The minimum absolute atomic E-state index is 0.289. The molecule has 0 fully saturated rings. The molecule has 0 heterocycles. The topological polar surface area (TPSA) is 72.2 Å². The molecule has 0 unspecified atom stereocenters. The number of carbonyl (C=O) groups excluding carboxylic acids is 2. The Kier molecular flexibility index (Phi) is 4.51. The quantitative estimate of drug-likeness (QED) is 0.668. The molecule has 0 aliphatic carbocycles. The molecule has 0 aliphatic heterocycles. The molecule has 0 aromatic heterocycles. The van der Waals surface area contributed by atoms with Crippen LogP contribution < -0.4 is 11.1 Å². The first kappa shape index (κ1) is 14.5. The SMILES string of the molecule is CC(=O)NC(=O)C(=C(N)c1ccccc1)c1ccccc1. The molecule has 21 heavy (non-hydrogen) atoms. The Morgan fingerprint density at radius 2 is 1.33 bits per heavy atom. The number of hydrogen-bond donors (Lipinski definition) is 2. The summed E-state index contributed by atoms with van der Waals surface area (Å²) in [5.41, 5.74) is 8.17. The Balaban J connectivity index is 2.55. The van der Waals surface area contributed by atoms with Gasteiger partial charge in [0.15, 0.2) is 0 Å². The highest BCUT2D eigenvalue weighted by Gasteiger charge is 2.17. The Labute approximate surface area is 123 Å². The second-order valence-corrected chi connectivity index (χ2v) is 4.53. The summed E-state index contributed by atoms with van der Waals surface area (Å²) in [5.74, 6) is -0.927. The van der Waals surface area contributed by atoms with Crippen molar-refractivity contribution >= 4 is 23.1 Å². The molecule has 0 atom stereocenters. The molecule has 2 aromatic carbocycles. The minimum Gasteiger partial charge on any atom is -0.398 e. The van der Waals surface area contributed by atoms with Crippen molar-refractivity contribution in [1.29, 1.82) is 0 Å². The monoisotopic (exact) mass is 280 g/mol. The van der Waals surface area contributed by atoms with Gasteiger partial charge in [0.2, 0.25) is 5.91 Å². The maximum atomic E-state index is 12.3. The lowest BCUT2D eigenvalue weighted by Gasteiger charge is -2.12. The minimum atomic E-state index is -0.505. The molecule has 2 rings (SSSR count). The maximum Gasteiger partial charge on any atom is 0.260 e. The van der Waals surface area contributed by atoms with E-state index in [0.29, 0.717) is 11.3 Å². The first-order valence-electron chi connectivity index (χ1n) is 6.52. The van der Waals surface area contributed by atoms with Crippen LogP contribution in [-0.4, -0.2) is 11.8 Å². The lowest BCUT2D eigenvalue weighted by atomic mass is 9.99. The highest BCUT2D eigenvalue weighted by molar-refractivity contribution is 6.29. The van der Waals surface area contributed by atoms with Crippen molar-refractivity contribution in [3.8, 4) is 0 Å². The van der Waals surface area contributed by atoms with E-state index < -0.39 is 11.8 Å². The van der Waals surface area contributed by atoms with Crippen molar-refractivity contribution in [2.24, 2.45) is 5.73 Å². The molecule has 2 amide bonds. The summed E-state index contributed by atoms with van der Waals surface area (Å²) in [7, 11) is 0. The van der Waals surface area contributed by atoms with Gasteiger partial charge in [0.1, 0.15) is 0 Å². The molecule has 2 aromatic rings. The highest BCUT2D eigenvalue weighted by atomic mass is 16.2. The van der Waals surface area contributed by atoms with E-state index in [1.807, 2.05) is 48.5 Å². The zero-order chi connectivity index (χ0) is 15.2. The summed E-state index contributed by atoms with van der Waals surface area (Å²) in [5, 5.41) is 2.28. The van der Waals surface area contributed by atoms with Crippen LogP contribution in [0.2, 0.25) is 0 Å². The summed E-state index contributed by atoms with van der Waals surface area (Å²) in [6.07, 6.45) is 0. The van der Waals surface area contributed by atoms with Gasteiger partial charge in [-0.1, -0.05) is 60.7 Å². The average Bonchev–Trinajstić information content (AvgIpc) is 2.48. The van der Waals surface area contributed by atoms with Crippen molar-refractivity contribution in [2.45, 2.75) is 6.92 Å². The molecule has 0 saturated heterocycles. The van der Waals surface area contributed by atoms with Crippen LogP contribution in [0.25, 0.3) is 11.3 Å². The van der Waals surface area contributed by atoms with Crippen LogP contribution in [0.4, 0.5) is 0 Å². The van der Waals surface area contributed by atoms with Crippen molar-refractivity contribution in [3.05, 3.63) is 71.8 Å². The van der Waals surface area contributed by atoms with Crippen molar-refractivity contribution < 1.29 is 9.59 Å². The van der Waals surface area contributed by atoms with Gasteiger partial charge in [-0.2, -0.15) is 0 Å². The molecule has 3 N–H and O–H groups in total. The maximum absolute atomic E-state index is 12.3. The van der Waals surface area contributed by atoms with Gasteiger partial charge in [-0.3, -0.25) is 14.9 Å². The third-order valence-corrected chi connectivity index (χ3v) is 2.93. The van der Waals surface area contributed by atoms with E-state index in [2.05, 4.69) is 5.32 Å². The van der Waals surface area contributed by atoms with Crippen LogP contribution in [0.1, 0.15) is 18.1 Å². The number of imide groups is 1. The first-order chi connectivity index (χ1) is 10.1. The predicted octanol–water partition coefficient (Wildman–Crippen LogP) is 2.18. The molecule has 0 radical (unpaired) electrons. The number of hydrogen-bond acceptors (Lipinski definition) is 3. The van der Waals surface area contributed by atoms with E-state index >= 15 is 0 Å². The number of nitrogens with one attached hydrogen (secondary N) is 1. The molecular formula is C17H16N2O2. The fourth-order valence-corrected chi connectivity index (χ4v) is 2.00. The Morgan fingerprint density at radius 3 is 1.81 bits per heavy atom. The van der Waals surface area contributed by atoms with Crippen LogP contribution in [-0.2, 0) is 9.59 Å². The van der Waals surface area contributed by atoms with Crippen LogP contribution in [0.15, 0.2) is 60.7 Å². The summed E-state index contributed by atoms with van der Waals surface area (Å²) < 4.78 is 0. The van der Waals surface area contributed by atoms with Crippen molar-refractivity contribution in [3.63, 3.8) is 0 Å². The van der Waals surface area contributed by atoms with E-state index in [9.17, 15) is 9.59 Å². The summed E-state index contributed by atoms with van der Waals surface area (Å²) in [6.45, 7) is 1.29. The van der Waals surface area contributed by atoms with Crippen LogP contribution in [0.3, 0.4) is 0 Å². The number of amides is 2.